The van der Waals surface area contributed by atoms with Crippen molar-refractivity contribution in [3.8, 4) is 6.07 Å². The molecule has 0 saturated heterocycles. The van der Waals surface area contributed by atoms with Gasteiger partial charge in [0, 0.05) is 12.1 Å². The molecule has 1 aromatic carbocycles. The largest absolute Gasteiger partial charge is 0.437 e. The molecule has 0 bridgehead atoms. The third kappa shape index (κ3) is 4.53. The highest BCUT2D eigenvalue weighted by atomic mass is 35.5. The topological polar surface area (TPSA) is 74.5 Å². The predicted molar refractivity (Wildman–Crippen MR) is 64.8 cm³/mol. The van der Waals surface area contributed by atoms with Gasteiger partial charge in [-0.2, -0.15) is 5.26 Å². The number of rotatable bonds is 3. The molecule has 0 aromatic heterocycles. The molecule has 0 atom stereocenters. The van der Waals surface area contributed by atoms with Crippen LogP contribution in [0.4, 0.5) is 10.5 Å². The van der Waals surface area contributed by atoms with Gasteiger partial charge in [-0.25, -0.2) is 4.79 Å². The minimum atomic E-state index is -0.735. The molecule has 1 amide bonds. The van der Waals surface area contributed by atoms with E-state index in [-0.39, 0.29) is 5.17 Å². The summed E-state index contributed by atoms with van der Waals surface area (Å²) in [5, 5.41) is 14.6. The Labute approximate surface area is 104 Å². The summed E-state index contributed by atoms with van der Waals surface area (Å²) < 4.78 is 0. The molecule has 0 spiro atoms. The van der Waals surface area contributed by atoms with Crippen LogP contribution in [-0.4, -0.2) is 11.3 Å². The molecule has 0 heterocycles. The summed E-state index contributed by atoms with van der Waals surface area (Å²) in [7, 11) is 0. The molecule has 1 rings (SSSR count). The monoisotopic (exact) mass is 251 g/mol. The van der Waals surface area contributed by atoms with Gasteiger partial charge in [0.2, 0.25) is 0 Å². The number of hydrogen-bond acceptors (Lipinski definition) is 4. The fraction of sp³-hybridized carbons (Fsp3) is 0.182. The Kier molecular flexibility index (Phi) is 4.98. The normalized spacial score (nSPS) is 10.5. The van der Waals surface area contributed by atoms with Crippen molar-refractivity contribution in [2.45, 2.75) is 13.3 Å². The Morgan fingerprint density at radius 1 is 1.53 bits per heavy atom. The maximum atomic E-state index is 11.2. The van der Waals surface area contributed by atoms with Gasteiger partial charge in [0.25, 0.3) is 0 Å². The number of oxime groups is 1. The number of nitriles is 1. The summed E-state index contributed by atoms with van der Waals surface area (Å²) in [6.45, 7) is 1.79. The molecule has 17 heavy (non-hydrogen) atoms. The van der Waals surface area contributed by atoms with Crippen molar-refractivity contribution in [1.82, 2.24) is 0 Å². The van der Waals surface area contributed by atoms with E-state index in [0.29, 0.717) is 17.7 Å². The number of benzene rings is 1. The van der Waals surface area contributed by atoms with Crippen LogP contribution in [-0.2, 0) is 4.84 Å². The van der Waals surface area contributed by atoms with Crippen LogP contribution in [0.2, 0.25) is 0 Å². The molecular weight excluding hydrogens is 242 g/mol. The van der Waals surface area contributed by atoms with Crippen molar-refractivity contribution in [3.05, 3.63) is 29.8 Å². The van der Waals surface area contributed by atoms with E-state index in [0.717, 1.165) is 0 Å². The van der Waals surface area contributed by atoms with E-state index in [2.05, 4.69) is 15.3 Å². The smallest absolute Gasteiger partial charge is 0.297 e. The van der Waals surface area contributed by atoms with Crippen LogP contribution in [0.5, 0.6) is 0 Å². The number of hydrogen-bond donors (Lipinski definition) is 1. The summed E-state index contributed by atoms with van der Waals surface area (Å²) in [6, 6.07) is 8.31. The quantitative estimate of drug-likeness (QED) is 0.510. The minimum absolute atomic E-state index is 0.208. The molecule has 0 fully saturated rings. The van der Waals surface area contributed by atoms with E-state index in [9.17, 15) is 4.79 Å². The van der Waals surface area contributed by atoms with E-state index in [4.69, 9.17) is 16.9 Å². The zero-order valence-electron chi connectivity index (χ0n) is 9.11. The average molecular weight is 252 g/mol. The van der Waals surface area contributed by atoms with Gasteiger partial charge in [0.15, 0.2) is 0 Å². The zero-order valence-corrected chi connectivity index (χ0v) is 9.86. The first kappa shape index (κ1) is 13.0. The third-order valence-corrected chi connectivity index (χ3v) is 2.12. The first-order valence-electron chi connectivity index (χ1n) is 4.86. The highest BCUT2D eigenvalue weighted by molar-refractivity contribution is 6.65. The van der Waals surface area contributed by atoms with Gasteiger partial charge < -0.3 is 0 Å². The summed E-state index contributed by atoms with van der Waals surface area (Å²) >= 11 is 5.56. The first-order chi connectivity index (χ1) is 8.15. The Balaban J connectivity index is 2.54. The van der Waals surface area contributed by atoms with Crippen molar-refractivity contribution in [2.75, 3.05) is 5.32 Å². The van der Waals surface area contributed by atoms with E-state index < -0.39 is 6.09 Å². The average Bonchev–Trinajstić information content (AvgIpc) is 2.36. The fourth-order valence-electron chi connectivity index (χ4n) is 0.924. The fourth-order valence-corrected chi connectivity index (χ4v) is 0.959. The standard InChI is InChI=1S/C11H10ClN3O2/c1-2-10(12)15-17-11(16)14-9-5-3-8(7-13)4-6-9/h3-6H,2H2,1H3,(H,14,16)/b15-10-. The van der Waals surface area contributed by atoms with Gasteiger partial charge >= 0.3 is 6.09 Å². The van der Waals surface area contributed by atoms with Crippen molar-refractivity contribution in [1.29, 1.82) is 5.26 Å². The van der Waals surface area contributed by atoms with Gasteiger partial charge in [-0.1, -0.05) is 23.7 Å². The molecule has 1 aromatic rings. The van der Waals surface area contributed by atoms with Crippen LogP contribution in [0, 0.1) is 11.3 Å². The molecule has 0 saturated carbocycles. The molecular formula is C11H10ClN3O2. The zero-order chi connectivity index (χ0) is 12.7. The number of amides is 1. The lowest BCUT2D eigenvalue weighted by Gasteiger charge is -2.02. The van der Waals surface area contributed by atoms with E-state index in [1.165, 1.54) is 0 Å². The molecule has 0 unspecified atom stereocenters. The highest BCUT2D eigenvalue weighted by Crippen LogP contribution is 2.09. The number of carbonyl (C=O) groups excluding carboxylic acids is 1. The Morgan fingerprint density at radius 3 is 2.71 bits per heavy atom. The number of carbonyl (C=O) groups is 1. The number of halogens is 1. The van der Waals surface area contributed by atoms with Crippen LogP contribution in [0.1, 0.15) is 18.9 Å². The van der Waals surface area contributed by atoms with E-state index in [1.807, 2.05) is 6.07 Å². The first-order valence-corrected chi connectivity index (χ1v) is 5.24. The van der Waals surface area contributed by atoms with E-state index in [1.54, 1.807) is 31.2 Å². The maximum absolute atomic E-state index is 11.2. The molecule has 5 nitrogen and oxygen atoms in total. The summed E-state index contributed by atoms with van der Waals surface area (Å²) in [5.74, 6) is 0. The van der Waals surface area contributed by atoms with Crippen molar-refractivity contribution in [3.63, 3.8) is 0 Å². The lowest BCUT2D eigenvalue weighted by molar-refractivity contribution is 0.166. The second-order valence-corrected chi connectivity index (χ2v) is 3.45. The highest BCUT2D eigenvalue weighted by Gasteiger charge is 2.03. The molecule has 6 heteroatoms. The second kappa shape index (κ2) is 6.51. The lowest BCUT2D eigenvalue weighted by Crippen LogP contribution is -2.11. The van der Waals surface area contributed by atoms with Crippen molar-refractivity contribution in [2.24, 2.45) is 5.16 Å². The van der Waals surface area contributed by atoms with Crippen LogP contribution in [0.3, 0.4) is 0 Å². The van der Waals surface area contributed by atoms with E-state index >= 15 is 0 Å². The second-order valence-electron chi connectivity index (χ2n) is 3.01. The van der Waals surface area contributed by atoms with Crippen LogP contribution < -0.4 is 5.32 Å². The lowest BCUT2D eigenvalue weighted by atomic mass is 10.2. The molecule has 0 aliphatic rings. The van der Waals surface area contributed by atoms with Gasteiger partial charge in [0.05, 0.1) is 11.6 Å². The predicted octanol–water partition coefficient (Wildman–Crippen LogP) is 3.07. The van der Waals surface area contributed by atoms with Crippen LogP contribution in [0.15, 0.2) is 29.4 Å². The number of anilines is 1. The molecule has 0 aliphatic heterocycles. The van der Waals surface area contributed by atoms with Crippen molar-refractivity contribution < 1.29 is 9.63 Å². The third-order valence-electron chi connectivity index (χ3n) is 1.78. The Hall–Kier alpha value is -2.06. The molecule has 88 valence electrons. The van der Waals surface area contributed by atoms with Crippen LogP contribution >= 0.6 is 11.6 Å². The molecule has 0 aliphatic carbocycles. The minimum Gasteiger partial charge on any atom is -0.297 e. The Morgan fingerprint density at radius 2 is 2.18 bits per heavy atom. The van der Waals surface area contributed by atoms with Crippen LogP contribution in [0.25, 0.3) is 0 Å². The summed E-state index contributed by atoms with van der Waals surface area (Å²) in [5.41, 5.74) is 1.02. The van der Waals surface area contributed by atoms with Crippen molar-refractivity contribution >= 4 is 28.6 Å². The van der Waals surface area contributed by atoms with Gasteiger partial charge in [-0.3, -0.25) is 10.2 Å². The van der Waals surface area contributed by atoms with Gasteiger partial charge in [-0.15, -0.1) is 0 Å². The maximum Gasteiger partial charge on any atom is 0.437 e. The van der Waals surface area contributed by atoms with Gasteiger partial charge in [0.1, 0.15) is 5.17 Å². The summed E-state index contributed by atoms with van der Waals surface area (Å²) in [6.07, 6.45) is -0.243. The number of nitrogens with one attached hydrogen (secondary N) is 1. The SMILES string of the molecule is CC/C(Cl)=N/OC(=O)Nc1ccc(C#N)cc1. The Bertz CT molecular complexity index is 463. The molecule has 0 radical (unpaired) electrons. The molecule has 1 N–H and O–H groups in total. The number of nitrogens with zero attached hydrogens (tertiary/aromatic N) is 2. The van der Waals surface area contributed by atoms with Gasteiger partial charge in [-0.05, 0) is 24.3 Å². The summed E-state index contributed by atoms with van der Waals surface area (Å²) in [4.78, 5) is 15.7.